The minimum absolute atomic E-state index is 0.315. The van der Waals surface area contributed by atoms with Crippen LogP contribution in [0.25, 0.3) is 22.2 Å². The van der Waals surface area contributed by atoms with Gasteiger partial charge in [0.25, 0.3) is 5.56 Å². The largest absolute Gasteiger partial charge is 0.497 e. The fourth-order valence-electron chi connectivity index (χ4n) is 5.01. The van der Waals surface area contributed by atoms with E-state index >= 15 is 0 Å². The molecule has 176 valence electrons. The van der Waals surface area contributed by atoms with Gasteiger partial charge in [0, 0.05) is 14.1 Å². The average molecular weight is 460 g/mol. The van der Waals surface area contributed by atoms with Gasteiger partial charge in [-0.3, -0.25) is 13.9 Å². The first kappa shape index (κ1) is 22.2. The fraction of sp³-hybridized carbons (Fsp3) is 0.333. The molecule has 0 radical (unpaired) electrons. The van der Waals surface area contributed by atoms with Crippen molar-refractivity contribution in [1.82, 2.24) is 13.7 Å². The third kappa shape index (κ3) is 3.15. The summed E-state index contributed by atoms with van der Waals surface area (Å²) in [5.41, 5.74) is 4.10. The number of ether oxygens (including phenoxy) is 2. The van der Waals surface area contributed by atoms with Crippen LogP contribution in [-0.2, 0) is 24.4 Å². The monoisotopic (exact) mass is 459 g/mol. The Kier molecular flexibility index (Phi) is 5.06. The summed E-state index contributed by atoms with van der Waals surface area (Å²) >= 11 is 0. The number of hydrogen-bond donors (Lipinski definition) is 0. The number of aromatic nitrogens is 3. The zero-order valence-electron chi connectivity index (χ0n) is 20.4. The van der Waals surface area contributed by atoms with E-state index in [-0.39, 0.29) is 11.2 Å². The molecule has 0 saturated heterocycles. The number of nitrogens with zero attached hydrogens (tertiary/aromatic N) is 3. The minimum atomic E-state index is -0.453. The van der Waals surface area contributed by atoms with Gasteiger partial charge in [-0.15, -0.1) is 0 Å². The first-order valence-electron chi connectivity index (χ1n) is 11.3. The highest BCUT2D eigenvalue weighted by Gasteiger charge is 2.40. The van der Waals surface area contributed by atoms with Crippen molar-refractivity contribution in [3.63, 3.8) is 0 Å². The van der Waals surface area contributed by atoms with E-state index in [1.54, 1.807) is 18.7 Å². The third-order valence-electron chi connectivity index (χ3n) is 6.81. The molecule has 3 heterocycles. The highest BCUT2D eigenvalue weighted by Crippen LogP contribution is 2.45. The number of methoxy groups -OCH3 is 1. The topological polar surface area (TPSA) is 67.4 Å². The summed E-state index contributed by atoms with van der Waals surface area (Å²) in [5, 5.41) is 0.514. The maximum atomic E-state index is 13.6. The summed E-state index contributed by atoms with van der Waals surface area (Å²) in [7, 11) is 4.87. The Hall–Kier alpha value is -3.58. The zero-order valence-corrected chi connectivity index (χ0v) is 20.4. The predicted octanol–water partition coefficient (Wildman–Crippen LogP) is 3.88. The van der Waals surface area contributed by atoms with Crippen LogP contribution in [0.4, 0.5) is 0 Å². The van der Waals surface area contributed by atoms with Gasteiger partial charge in [-0.25, -0.2) is 4.79 Å². The summed E-state index contributed by atoms with van der Waals surface area (Å²) in [4.78, 5) is 26.6. The molecule has 0 amide bonds. The van der Waals surface area contributed by atoms with Crippen molar-refractivity contribution >= 4 is 10.9 Å². The quantitative estimate of drug-likeness (QED) is 0.466. The summed E-state index contributed by atoms with van der Waals surface area (Å²) in [6.45, 7) is 6.69. The van der Waals surface area contributed by atoms with Crippen molar-refractivity contribution < 1.29 is 9.47 Å². The van der Waals surface area contributed by atoms with E-state index in [0.29, 0.717) is 17.5 Å². The smallest absolute Gasteiger partial charge is 0.331 e. The van der Waals surface area contributed by atoms with Gasteiger partial charge >= 0.3 is 5.69 Å². The van der Waals surface area contributed by atoms with Crippen molar-refractivity contribution in [2.45, 2.75) is 32.4 Å². The Labute approximate surface area is 197 Å². The Bertz CT molecular complexity index is 1520. The number of aryl methyl sites for hydroxylation is 2. The molecule has 0 bridgehead atoms. The van der Waals surface area contributed by atoms with Gasteiger partial charge in [-0.05, 0) is 56.2 Å². The van der Waals surface area contributed by atoms with Crippen molar-refractivity contribution in [3.05, 3.63) is 86.2 Å². The van der Waals surface area contributed by atoms with E-state index in [9.17, 15) is 9.59 Å². The molecule has 0 N–H and O–H groups in total. The molecule has 0 fully saturated rings. The summed E-state index contributed by atoms with van der Waals surface area (Å²) in [5.74, 6) is 0.735. The van der Waals surface area contributed by atoms with Gasteiger partial charge in [0.15, 0.2) is 0 Å². The fourth-order valence-corrected chi connectivity index (χ4v) is 5.01. The Morgan fingerprint density at radius 1 is 0.971 bits per heavy atom. The first-order chi connectivity index (χ1) is 16.2. The molecule has 1 aliphatic rings. The van der Waals surface area contributed by atoms with E-state index in [2.05, 4.69) is 30.5 Å². The SMILES string of the molecule is COc1ccc(-c2c3c(=O)n(C)c(=O)n(C)c3c3n2C(C)(C)CO[C@@H]3c2ccc(C)cc2)cc1. The first-order valence-corrected chi connectivity index (χ1v) is 11.3. The molecule has 0 unspecified atom stereocenters. The predicted molar refractivity (Wildman–Crippen MR) is 133 cm³/mol. The molecule has 34 heavy (non-hydrogen) atoms. The second-order valence-corrected chi connectivity index (χ2v) is 9.64. The molecule has 2 aromatic carbocycles. The van der Waals surface area contributed by atoms with Gasteiger partial charge in [0.05, 0.1) is 41.5 Å². The van der Waals surface area contributed by atoms with Crippen molar-refractivity contribution in [3.8, 4) is 17.0 Å². The molecular formula is C27H29N3O4. The van der Waals surface area contributed by atoms with Crippen LogP contribution in [0.2, 0.25) is 0 Å². The normalized spacial score (nSPS) is 17.1. The lowest BCUT2D eigenvalue weighted by atomic mass is 9.97. The lowest BCUT2D eigenvalue weighted by Gasteiger charge is -2.39. The summed E-state index contributed by atoms with van der Waals surface area (Å²) in [6, 6.07) is 15.9. The number of fused-ring (bicyclic) bond motifs is 3. The van der Waals surface area contributed by atoms with Crippen LogP contribution in [0.15, 0.2) is 58.1 Å². The third-order valence-corrected chi connectivity index (χ3v) is 6.81. The standard InChI is InChI=1S/C27H29N3O4/c1-16-7-9-18(10-8-16)24-23-22-20(25(31)29(5)26(32)28(22)4)21(30(23)27(2,3)15-34-24)17-11-13-19(33-6)14-12-17/h7-14,24H,15H2,1-6H3/t24-/m1/s1. The Balaban J connectivity index is 1.97. The van der Waals surface area contributed by atoms with Gasteiger partial charge in [0.2, 0.25) is 0 Å². The summed E-state index contributed by atoms with van der Waals surface area (Å²) < 4.78 is 16.7. The second-order valence-electron chi connectivity index (χ2n) is 9.64. The minimum Gasteiger partial charge on any atom is -0.497 e. The Morgan fingerprint density at radius 2 is 1.62 bits per heavy atom. The lowest BCUT2D eigenvalue weighted by Crippen LogP contribution is -2.40. The van der Waals surface area contributed by atoms with Crippen LogP contribution < -0.4 is 16.0 Å². The van der Waals surface area contributed by atoms with E-state index < -0.39 is 11.6 Å². The number of benzene rings is 2. The van der Waals surface area contributed by atoms with Crippen LogP contribution in [0.1, 0.15) is 36.8 Å². The van der Waals surface area contributed by atoms with Crippen molar-refractivity contribution in [2.24, 2.45) is 14.1 Å². The van der Waals surface area contributed by atoms with E-state index in [1.807, 2.05) is 43.3 Å². The molecule has 1 atom stereocenters. The molecule has 1 aliphatic heterocycles. The zero-order chi connectivity index (χ0) is 24.4. The van der Waals surface area contributed by atoms with Gasteiger partial charge < -0.3 is 14.0 Å². The van der Waals surface area contributed by atoms with Crippen LogP contribution in [-0.4, -0.2) is 27.4 Å². The summed E-state index contributed by atoms with van der Waals surface area (Å²) in [6.07, 6.45) is -0.416. The highest BCUT2D eigenvalue weighted by atomic mass is 16.5. The Morgan fingerprint density at radius 3 is 2.24 bits per heavy atom. The second kappa shape index (κ2) is 7.74. The number of rotatable bonds is 3. The lowest BCUT2D eigenvalue weighted by molar-refractivity contribution is -0.00707. The van der Waals surface area contributed by atoms with Crippen molar-refractivity contribution in [2.75, 3.05) is 13.7 Å². The van der Waals surface area contributed by atoms with Crippen LogP contribution >= 0.6 is 0 Å². The average Bonchev–Trinajstić information content (AvgIpc) is 3.20. The van der Waals surface area contributed by atoms with Gasteiger partial charge in [-0.2, -0.15) is 0 Å². The molecule has 5 rings (SSSR count). The molecular weight excluding hydrogens is 430 g/mol. The maximum Gasteiger partial charge on any atom is 0.331 e. The van der Waals surface area contributed by atoms with E-state index in [4.69, 9.17) is 9.47 Å². The van der Waals surface area contributed by atoms with E-state index in [1.165, 1.54) is 11.6 Å². The van der Waals surface area contributed by atoms with Crippen LogP contribution in [0.5, 0.6) is 5.75 Å². The molecule has 2 aromatic heterocycles. The molecule has 0 aliphatic carbocycles. The van der Waals surface area contributed by atoms with Crippen molar-refractivity contribution in [1.29, 1.82) is 0 Å². The molecule has 4 aromatic rings. The van der Waals surface area contributed by atoms with Crippen LogP contribution in [0.3, 0.4) is 0 Å². The van der Waals surface area contributed by atoms with Gasteiger partial charge in [-0.1, -0.05) is 29.8 Å². The van der Waals surface area contributed by atoms with E-state index in [0.717, 1.165) is 33.8 Å². The molecule has 7 nitrogen and oxygen atoms in total. The van der Waals surface area contributed by atoms with Gasteiger partial charge in [0.1, 0.15) is 11.9 Å². The molecule has 0 saturated carbocycles. The molecule has 7 heteroatoms. The molecule has 0 spiro atoms. The van der Waals surface area contributed by atoms with Crippen LogP contribution in [0, 0.1) is 6.92 Å². The number of hydrogen-bond acceptors (Lipinski definition) is 4. The highest BCUT2D eigenvalue weighted by molar-refractivity contribution is 5.97. The maximum absolute atomic E-state index is 13.6.